The lowest BCUT2D eigenvalue weighted by molar-refractivity contribution is 0.229. The Hall–Kier alpha value is -1.13. The standard InChI is InChI=1S/C16H25FN2O/c1-2-14(18)12-13-6-5-7-15(17)16(13)20-11-10-19-8-3-4-9-19/h5-7,14H,2-4,8-12,18H2,1H3. The number of halogens is 1. The number of benzene rings is 1. The summed E-state index contributed by atoms with van der Waals surface area (Å²) in [7, 11) is 0. The molecular weight excluding hydrogens is 255 g/mol. The molecule has 1 atom stereocenters. The molecule has 1 aliphatic rings. The summed E-state index contributed by atoms with van der Waals surface area (Å²) in [4.78, 5) is 2.36. The summed E-state index contributed by atoms with van der Waals surface area (Å²) in [6.45, 7) is 5.71. The summed E-state index contributed by atoms with van der Waals surface area (Å²) in [5.41, 5.74) is 6.84. The molecule has 1 fully saturated rings. The van der Waals surface area contributed by atoms with Gasteiger partial charge in [-0.3, -0.25) is 4.90 Å². The Morgan fingerprint density at radius 1 is 1.35 bits per heavy atom. The smallest absolute Gasteiger partial charge is 0.165 e. The van der Waals surface area contributed by atoms with Crippen molar-refractivity contribution in [3.63, 3.8) is 0 Å². The number of para-hydroxylation sites is 1. The second kappa shape index (κ2) is 7.60. The maximum absolute atomic E-state index is 13.9. The molecule has 0 spiro atoms. The van der Waals surface area contributed by atoms with E-state index in [2.05, 4.69) is 4.90 Å². The average molecular weight is 280 g/mol. The van der Waals surface area contributed by atoms with Crippen LogP contribution < -0.4 is 10.5 Å². The average Bonchev–Trinajstić information content (AvgIpc) is 2.95. The summed E-state index contributed by atoms with van der Waals surface area (Å²) < 4.78 is 19.6. The zero-order chi connectivity index (χ0) is 14.4. The van der Waals surface area contributed by atoms with Crippen molar-refractivity contribution >= 4 is 0 Å². The fraction of sp³-hybridized carbons (Fsp3) is 0.625. The van der Waals surface area contributed by atoms with Gasteiger partial charge in [0, 0.05) is 12.6 Å². The minimum absolute atomic E-state index is 0.0535. The van der Waals surface area contributed by atoms with E-state index in [1.54, 1.807) is 6.07 Å². The van der Waals surface area contributed by atoms with Gasteiger partial charge >= 0.3 is 0 Å². The number of ether oxygens (including phenoxy) is 1. The molecule has 0 radical (unpaired) electrons. The normalized spacial score (nSPS) is 17.4. The van der Waals surface area contributed by atoms with Gasteiger partial charge in [-0.25, -0.2) is 4.39 Å². The first-order chi connectivity index (χ1) is 9.70. The summed E-state index contributed by atoms with van der Waals surface area (Å²) in [5.74, 6) is 0.0998. The molecule has 1 saturated heterocycles. The Morgan fingerprint density at radius 2 is 2.10 bits per heavy atom. The molecule has 1 heterocycles. The Kier molecular flexibility index (Phi) is 5.80. The van der Waals surface area contributed by atoms with Crippen molar-refractivity contribution in [3.8, 4) is 5.75 Å². The summed E-state index contributed by atoms with van der Waals surface area (Å²) in [6.07, 6.45) is 4.06. The van der Waals surface area contributed by atoms with Gasteiger partial charge in [0.1, 0.15) is 6.61 Å². The van der Waals surface area contributed by atoms with Crippen molar-refractivity contribution in [2.75, 3.05) is 26.2 Å². The molecule has 0 amide bonds. The van der Waals surface area contributed by atoms with Gasteiger partial charge in [0.25, 0.3) is 0 Å². The fourth-order valence-electron chi connectivity index (χ4n) is 2.59. The predicted octanol–water partition coefficient (Wildman–Crippen LogP) is 2.58. The molecule has 0 saturated carbocycles. The molecule has 2 rings (SSSR count). The summed E-state index contributed by atoms with van der Waals surface area (Å²) in [5, 5.41) is 0. The van der Waals surface area contributed by atoms with E-state index < -0.39 is 0 Å². The molecule has 2 N–H and O–H groups in total. The van der Waals surface area contributed by atoms with Crippen LogP contribution in [0, 0.1) is 5.82 Å². The zero-order valence-corrected chi connectivity index (χ0v) is 12.3. The number of nitrogens with zero attached hydrogens (tertiary/aromatic N) is 1. The monoisotopic (exact) mass is 280 g/mol. The van der Waals surface area contributed by atoms with Crippen molar-refractivity contribution in [1.29, 1.82) is 0 Å². The van der Waals surface area contributed by atoms with Crippen LogP contribution in [0.5, 0.6) is 5.75 Å². The molecule has 3 nitrogen and oxygen atoms in total. The quantitative estimate of drug-likeness (QED) is 0.834. The lowest BCUT2D eigenvalue weighted by Gasteiger charge is -2.18. The minimum atomic E-state index is -0.285. The van der Waals surface area contributed by atoms with Gasteiger partial charge in [-0.1, -0.05) is 19.1 Å². The fourth-order valence-corrected chi connectivity index (χ4v) is 2.59. The molecule has 4 heteroatoms. The highest BCUT2D eigenvalue weighted by Gasteiger charge is 2.14. The van der Waals surface area contributed by atoms with Gasteiger partial charge in [0.05, 0.1) is 0 Å². The van der Waals surface area contributed by atoms with Crippen LogP contribution in [-0.2, 0) is 6.42 Å². The first-order valence-electron chi connectivity index (χ1n) is 7.58. The van der Waals surface area contributed by atoms with E-state index in [0.717, 1.165) is 31.6 Å². The number of hydrogen-bond donors (Lipinski definition) is 1. The van der Waals surface area contributed by atoms with Crippen LogP contribution in [0.25, 0.3) is 0 Å². The van der Waals surface area contributed by atoms with Crippen molar-refractivity contribution in [2.45, 2.75) is 38.6 Å². The Bertz CT molecular complexity index is 419. The van der Waals surface area contributed by atoms with Crippen molar-refractivity contribution < 1.29 is 9.13 Å². The molecule has 112 valence electrons. The number of rotatable bonds is 7. The molecule has 0 aromatic heterocycles. The van der Waals surface area contributed by atoms with Gasteiger partial charge in [0.15, 0.2) is 11.6 Å². The van der Waals surface area contributed by atoms with E-state index in [-0.39, 0.29) is 11.9 Å². The maximum Gasteiger partial charge on any atom is 0.165 e. The molecule has 20 heavy (non-hydrogen) atoms. The number of nitrogens with two attached hydrogens (primary N) is 1. The van der Waals surface area contributed by atoms with Crippen molar-refractivity contribution in [1.82, 2.24) is 4.90 Å². The lowest BCUT2D eigenvalue weighted by Crippen LogP contribution is -2.26. The highest BCUT2D eigenvalue weighted by Crippen LogP contribution is 2.24. The van der Waals surface area contributed by atoms with Crippen LogP contribution in [-0.4, -0.2) is 37.2 Å². The van der Waals surface area contributed by atoms with Crippen molar-refractivity contribution in [2.24, 2.45) is 5.73 Å². The van der Waals surface area contributed by atoms with Gasteiger partial charge < -0.3 is 10.5 Å². The van der Waals surface area contributed by atoms with Gasteiger partial charge in [-0.15, -0.1) is 0 Å². The van der Waals surface area contributed by atoms with E-state index in [1.165, 1.54) is 18.9 Å². The maximum atomic E-state index is 13.9. The zero-order valence-electron chi connectivity index (χ0n) is 12.3. The first kappa shape index (κ1) is 15.3. The molecule has 0 aliphatic carbocycles. The van der Waals surface area contributed by atoms with Crippen LogP contribution in [0.1, 0.15) is 31.7 Å². The summed E-state index contributed by atoms with van der Waals surface area (Å²) in [6, 6.07) is 5.13. The molecule has 1 aromatic carbocycles. The third-order valence-electron chi connectivity index (χ3n) is 3.91. The number of hydrogen-bond acceptors (Lipinski definition) is 3. The Labute approximate surface area is 120 Å². The van der Waals surface area contributed by atoms with E-state index in [1.807, 2.05) is 13.0 Å². The molecule has 0 bridgehead atoms. The Morgan fingerprint density at radius 3 is 2.80 bits per heavy atom. The van der Waals surface area contributed by atoms with Gasteiger partial charge in [-0.2, -0.15) is 0 Å². The van der Waals surface area contributed by atoms with E-state index in [4.69, 9.17) is 10.5 Å². The third kappa shape index (κ3) is 4.18. The van der Waals surface area contributed by atoms with Crippen LogP contribution in [0.3, 0.4) is 0 Å². The lowest BCUT2D eigenvalue weighted by atomic mass is 10.0. The van der Waals surface area contributed by atoms with Crippen molar-refractivity contribution in [3.05, 3.63) is 29.6 Å². The molecule has 1 aromatic rings. The predicted molar refractivity (Wildman–Crippen MR) is 79.5 cm³/mol. The SMILES string of the molecule is CCC(N)Cc1cccc(F)c1OCCN1CCCC1. The Balaban J connectivity index is 1.94. The van der Waals surface area contributed by atoms with E-state index in [0.29, 0.717) is 18.8 Å². The molecule has 1 aliphatic heterocycles. The van der Waals surface area contributed by atoms with Crippen LogP contribution in [0.4, 0.5) is 4.39 Å². The van der Waals surface area contributed by atoms with Crippen LogP contribution in [0.2, 0.25) is 0 Å². The summed E-state index contributed by atoms with van der Waals surface area (Å²) >= 11 is 0. The van der Waals surface area contributed by atoms with E-state index in [9.17, 15) is 4.39 Å². The second-order valence-corrected chi connectivity index (χ2v) is 5.50. The second-order valence-electron chi connectivity index (χ2n) is 5.50. The van der Waals surface area contributed by atoms with E-state index >= 15 is 0 Å². The van der Waals surface area contributed by atoms with Gasteiger partial charge in [0.2, 0.25) is 0 Å². The highest BCUT2D eigenvalue weighted by atomic mass is 19.1. The molecule has 1 unspecified atom stereocenters. The number of likely N-dealkylation sites (tertiary alicyclic amines) is 1. The van der Waals surface area contributed by atoms with Crippen LogP contribution in [0.15, 0.2) is 18.2 Å². The highest BCUT2D eigenvalue weighted by molar-refractivity contribution is 5.35. The van der Waals surface area contributed by atoms with Crippen LogP contribution >= 0.6 is 0 Å². The first-order valence-corrected chi connectivity index (χ1v) is 7.58. The topological polar surface area (TPSA) is 38.5 Å². The largest absolute Gasteiger partial charge is 0.489 e. The third-order valence-corrected chi connectivity index (χ3v) is 3.91. The van der Waals surface area contributed by atoms with Gasteiger partial charge in [-0.05, 0) is 50.4 Å². The minimum Gasteiger partial charge on any atom is -0.489 e. The molecular formula is C16H25FN2O.